The minimum atomic E-state index is -0.756. The first kappa shape index (κ1) is 40.1. The van der Waals surface area contributed by atoms with Gasteiger partial charge in [-0.1, -0.05) is 170 Å². The molecule has 14 aromatic rings. The average molecular weight is 931 g/mol. The minimum Gasteiger partial charge on any atom is -0.455 e. The monoisotopic (exact) mass is 930 g/mol. The third-order valence-corrected chi connectivity index (χ3v) is 15.8. The second kappa shape index (κ2) is 15.2. The van der Waals surface area contributed by atoms with Crippen LogP contribution in [0.2, 0.25) is 0 Å². The molecular formula is C69H42N2O2. The van der Waals surface area contributed by atoms with Crippen LogP contribution in [0.1, 0.15) is 22.3 Å². The van der Waals surface area contributed by atoms with Crippen LogP contribution in [-0.4, -0.2) is 0 Å². The summed E-state index contributed by atoms with van der Waals surface area (Å²) < 4.78 is 14.4. The van der Waals surface area contributed by atoms with Crippen LogP contribution in [-0.2, 0) is 5.41 Å². The van der Waals surface area contributed by atoms with E-state index in [1.807, 2.05) is 0 Å². The van der Waals surface area contributed by atoms with Crippen LogP contribution in [0.25, 0.3) is 87.7 Å². The van der Waals surface area contributed by atoms with E-state index in [0.29, 0.717) is 0 Å². The van der Waals surface area contributed by atoms with Gasteiger partial charge in [0.05, 0.1) is 16.8 Å². The van der Waals surface area contributed by atoms with Crippen LogP contribution in [0.4, 0.5) is 34.1 Å². The maximum absolute atomic E-state index is 7.18. The first-order valence-electron chi connectivity index (χ1n) is 25.1. The number of para-hydroxylation sites is 6. The summed E-state index contributed by atoms with van der Waals surface area (Å²) in [6.07, 6.45) is 0. The summed E-state index contributed by atoms with van der Waals surface area (Å²) in [4.78, 5) is 4.87. The molecule has 2 heterocycles. The van der Waals surface area contributed by atoms with Crippen molar-refractivity contribution >= 4 is 99.5 Å². The summed E-state index contributed by atoms with van der Waals surface area (Å²) in [5.41, 5.74) is 18.9. The molecule has 0 aliphatic heterocycles. The van der Waals surface area contributed by atoms with Gasteiger partial charge in [0, 0.05) is 55.1 Å². The second-order valence-corrected chi connectivity index (χ2v) is 19.4. The van der Waals surface area contributed by atoms with Crippen molar-refractivity contribution < 1.29 is 8.83 Å². The Morgan fingerprint density at radius 3 is 1.00 bits per heavy atom. The van der Waals surface area contributed by atoms with Gasteiger partial charge in [-0.2, -0.15) is 0 Å². The van der Waals surface area contributed by atoms with Gasteiger partial charge in [0.15, 0.2) is 0 Å². The standard InChI is InChI=1S/C69H42N2O2/c1-5-21-43(22-6-1)70(44-23-7-2-8-24-44)59-41-57-63(53-39-37-51-49-31-15-19-35-61(49)72-67(51)65(53)59)64-54-40-38-52-50-32-16-20-36-62(50)73-68(52)66(54)60(71(45-25-9-3-10-26-45)46-27-11-4-12-28-46)42-58(64)69(57)55-33-17-13-29-47(55)48-30-14-18-34-56(48)69/h1-42H. The zero-order valence-corrected chi connectivity index (χ0v) is 39.5. The summed E-state index contributed by atoms with van der Waals surface area (Å²) in [5, 5.41) is 8.71. The van der Waals surface area contributed by atoms with E-state index in [2.05, 4.69) is 265 Å². The lowest BCUT2D eigenvalue weighted by atomic mass is 9.70. The van der Waals surface area contributed by atoms with Gasteiger partial charge in [-0.25, -0.2) is 0 Å². The molecule has 16 rings (SSSR count). The van der Waals surface area contributed by atoms with Crippen LogP contribution in [0.3, 0.4) is 0 Å². The lowest BCUT2D eigenvalue weighted by molar-refractivity contribution is 0.672. The number of benzene rings is 12. The Bertz CT molecular complexity index is 4180. The maximum Gasteiger partial charge on any atom is 0.145 e. The van der Waals surface area contributed by atoms with E-state index in [0.717, 1.165) is 99.5 Å². The Labute approximate surface area is 420 Å². The van der Waals surface area contributed by atoms with Crippen molar-refractivity contribution in [3.05, 3.63) is 277 Å². The molecule has 0 atom stereocenters. The molecule has 12 aromatic carbocycles. The fourth-order valence-corrected chi connectivity index (χ4v) is 13.0. The second-order valence-electron chi connectivity index (χ2n) is 19.4. The van der Waals surface area contributed by atoms with Gasteiger partial charge in [-0.05, 0) is 140 Å². The van der Waals surface area contributed by atoms with Crippen LogP contribution in [0.15, 0.2) is 264 Å². The van der Waals surface area contributed by atoms with Crippen LogP contribution < -0.4 is 9.80 Å². The normalized spacial score (nSPS) is 13.0. The lowest BCUT2D eigenvalue weighted by Gasteiger charge is -2.34. The number of furan rings is 2. The zero-order valence-electron chi connectivity index (χ0n) is 39.5. The molecule has 0 bridgehead atoms. The highest BCUT2D eigenvalue weighted by Crippen LogP contribution is 2.67. The summed E-state index contributed by atoms with van der Waals surface area (Å²) in [5.74, 6) is 0. The fraction of sp³-hybridized carbons (Fsp3) is 0.0145. The molecule has 2 aliphatic rings. The smallest absolute Gasteiger partial charge is 0.145 e. The quantitative estimate of drug-likeness (QED) is 0.166. The van der Waals surface area contributed by atoms with E-state index >= 15 is 0 Å². The minimum absolute atomic E-state index is 0.756. The van der Waals surface area contributed by atoms with Gasteiger partial charge in [0.2, 0.25) is 0 Å². The Kier molecular flexibility index (Phi) is 8.35. The Balaban J connectivity index is 1.16. The highest BCUT2D eigenvalue weighted by molar-refractivity contribution is 6.29. The molecule has 73 heavy (non-hydrogen) atoms. The molecule has 0 unspecified atom stereocenters. The van der Waals surface area contributed by atoms with E-state index < -0.39 is 5.41 Å². The summed E-state index contributed by atoms with van der Waals surface area (Å²) >= 11 is 0. The van der Waals surface area contributed by atoms with E-state index in [-0.39, 0.29) is 0 Å². The van der Waals surface area contributed by atoms with Gasteiger partial charge in [0.25, 0.3) is 0 Å². The number of anilines is 6. The fourth-order valence-electron chi connectivity index (χ4n) is 13.0. The Morgan fingerprint density at radius 1 is 0.274 bits per heavy atom. The topological polar surface area (TPSA) is 32.8 Å². The summed E-state index contributed by atoms with van der Waals surface area (Å²) in [6.45, 7) is 0. The largest absolute Gasteiger partial charge is 0.455 e. The third kappa shape index (κ3) is 5.44. The number of rotatable bonds is 6. The average Bonchev–Trinajstić information content (AvgIpc) is 4.21. The number of hydrogen-bond acceptors (Lipinski definition) is 4. The van der Waals surface area contributed by atoms with Crippen molar-refractivity contribution in [1.82, 2.24) is 0 Å². The molecule has 0 amide bonds. The van der Waals surface area contributed by atoms with E-state index in [9.17, 15) is 0 Å². The van der Waals surface area contributed by atoms with Gasteiger partial charge >= 0.3 is 0 Å². The van der Waals surface area contributed by atoms with Gasteiger partial charge in [-0.3, -0.25) is 0 Å². The molecule has 340 valence electrons. The van der Waals surface area contributed by atoms with Crippen molar-refractivity contribution in [3.63, 3.8) is 0 Å². The molecule has 4 heteroatoms. The molecule has 0 fully saturated rings. The molecule has 2 aromatic heterocycles. The van der Waals surface area contributed by atoms with Crippen LogP contribution in [0.5, 0.6) is 0 Å². The van der Waals surface area contributed by atoms with Crippen molar-refractivity contribution in [1.29, 1.82) is 0 Å². The molecule has 0 saturated heterocycles. The van der Waals surface area contributed by atoms with Gasteiger partial charge in [-0.15, -0.1) is 0 Å². The predicted octanol–water partition coefficient (Wildman–Crippen LogP) is 19.1. The van der Waals surface area contributed by atoms with E-state index in [1.165, 1.54) is 44.5 Å². The molecule has 0 radical (unpaired) electrons. The molecule has 4 nitrogen and oxygen atoms in total. The van der Waals surface area contributed by atoms with E-state index in [4.69, 9.17) is 8.83 Å². The zero-order chi connectivity index (χ0) is 47.8. The Hall–Kier alpha value is -9.64. The number of hydrogen-bond donors (Lipinski definition) is 0. The molecule has 0 N–H and O–H groups in total. The SMILES string of the molecule is c1ccc(N(c2ccccc2)c2cc3c(c4ccc5c6ccccc6oc5c24)-c2c(cc(N(c4ccccc4)c4ccccc4)c4c2ccc2c5ccccc5oc24)C32c3ccccc3-c3ccccc32)cc1. The Morgan fingerprint density at radius 2 is 0.603 bits per heavy atom. The molecule has 0 saturated carbocycles. The van der Waals surface area contributed by atoms with Crippen LogP contribution >= 0.6 is 0 Å². The maximum atomic E-state index is 7.18. The van der Waals surface area contributed by atoms with E-state index in [1.54, 1.807) is 0 Å². The first-order chi connectivity index (χ1) is 36.3. The van der Waals surface area contributed by atoms with Crippen molar-refractivity contribution in [2.75, 3.05) is 9.80 Å². The highest BCUT2D eigenvalue weighted by Gasteiger charge is 2.54. The summed E-state index contributed by atoms with van der Waals surface area (Å²) in [7, 11) is 0. The van der Waals surface area contributed by atoms with Gasteiger partial charge in [0.1, 0.15) is 22.3 Å². The van der Waals surface area contributed by atoms with Crippen molar-refractivity contribution in [3.8, 4) is 22.3 Å². The number of nitrogens with zero attached hydrogens (tertiary/aromatic N) is 2. The number of fused-ring (bicyclic) bond motifs is 22. The molecule has 2 aliphatic carbocycles. The predicted molar refractivity (Wildman–Crippen MR) is 302 cm³/mol. The van der Waals surface area contributed by atoms with Gasteiger partial charge < -0.3 is 18.6 Å². The summed E-state index contributed by atoms with van der Waals surface area (Å²) in [6, 6.07) is 92.8. The van der Waals surface area contributed by atoms with Crippen molar-refractivity contribution in [2.24, 2.45) is 0 Å². The van der Waals surface area contributed by atoms with Crippen LogP contribution in [0, 0.1) is 0 Å². The molecule has 1 spiro atoms. The highest BCUT2D eigenvalue weighted by atomic mass is 16.3. The molecular weight excluding hydrogens is 889 g/mol. The first-order valence-corrected chi connectivity index (χ1v) is 25.1. The third-order valence-electron chi connectivity index (χ3n) is 15.8. The van der Waals surface area contributed by atoms with Crippen molar-refractivity contribution in [2.45, 2.75) is 5.41 Å². The lowest BCUT2D eigenvalue weighted by Crippen LogP contribution is -2.26.